The van der Waals surface area contributed by atoms with Gasteiger partial charge in [0.1, 0.15) is 8.30 Å². The van der Waals surface area contributed by atoms with Crippen molar-refractivity contribution in [3.63, 3.8) is 0 Å². The van der Waals surface area contributed by atoms with E-state index in [1.807, 2.05) is 0 Å². The van der Waals surface area contributed by atoms with Crippen LogP contribution in [0.1, 0.15) is 48.0 Å². The summed E-state index contributed by atoms with van der Waals surface area (Å²) in [5.74, 6) is 0.620. The zero-order chi connectivity index (χ0) is 13.9. The highest BCUT2D eigenvalue weighted by Gasteiger charge is 2.31. The van der Waals surface area contributed by atoms with E-state index < -0.39 is 8.30 Å². The quantitative estimate of drug-likeness (QED) is 0.687. The van der Waals surface area contributed by atoms with Gasteiger partial charge in [0.05, 0.1) is 18.8 Å². The second kappa shape index (κ2) is 7.19. The van der Waals surface area contributed by atoms with Gasteiger partial charge in [0.2, 0.25) is 0 Å². The van der Waals surface area contributed by atoms with Crippen molar-refractivity contribution < 1.29 is 9.26 Å². The lowest BCUT2D eigenvalue weighted by atomic mass is 10.0. The highest BCUT2D eigenvalue weighted by Crippen LogP contribution is 2.42. The summed E-state index contributed by atoms with van der Waals surface area (Å²) in [5.41, 5.74) is 0. The Morgan fingerprint density at radius 2 is 1.78 bits per heavy atom. The molecule has 1 aliphatic heterocycles. The SMILES string of the molecule is CC(C)N(C(C)C)P(C)OC[C@H]1O[C@@H](C)C[C@H]1C. The van der Waals surface area contributed by atoms with Crippen molar-refractivity contribution in [3.05, 3.63) is 0 Å². The molecule has 0 aromatic rings. The highest BCUT2D eigenvalue weighted by molar-refractivity contribution is 7.49. The third-order valence-electron chi connectivity index (χ3n) is 3.55. The largest absolute Gasteiger partial charge is 0.373 e. The van der Waals surface area contributed by atoms with Gasteiger partial charge in [0.25, 0.3) is 0 Å². The minimum Gasteiger partial charge on any atom is -0.373 e. The van der Waals surface area contributed by atoms with Crippen LogP contribution in [-0.4, -0.2) is 42.2 Å². The first kappa shape index (κ1) is 16.4. The second-order valence-electron chi connectivity index (χ2n) is 6.03. The van der Waals surface area contributed by atoms with E-state index in [2.05, 4.69) is 52.9 Å². The van der Waals surface area contributed by atoms with Crippen LogP contribution in [-0.2, 0) is 9.26 Å². The van der Waals surface area contributed by atoms with Gasteiger partial charge < -0.3 is 9.26 Å². The molecule has 0 N–H and O–H groups in total. The molecule has 1 saturated heterocycles. The monoisotopic (exact) mass is 275 g/mol. The molecule has 1 heterocycles. The lowest BCUT2D eigenvalue weighted by Crippen LogP contribution is -2.33. The van der Waals surface area contributed by atoms with Gasteiger partial charge in [-0.1, -0.05) is 6.92 Å². The Morgan fingerprint density at radius 1 is 1.22 bits per heavy atom. The van der Waals surface area contributed by atoms with Crippen LogP contribution in [0.15, 0.2) is 0 Å². The number of rotatable bonds is 6. The molecule has 0 aromatic carbocycles. The fraction of sp³-hybridized carbons (Fsp3) is 1.00. The summed E-state index contributed by atoms with van der Waals surface area (Å²) >= 11 is 0. The molecule has 3 nitrogen and oxygen atoms in total. The van der Waals surface area contributed by atoms with Crippen molar-refractivity contribution in [1.29, 1.82) is 0 Å². The number of hydrogen-bond acceptors (Lipinski definition) is 3. The van der Waals surface area contributed by atoms with E-state index in [0.717, 1.165) is 13.0 Å². The van der Waals surface area contributed by atoms with Crippen LogP contribution in [0.4, 0.5) is 0 Å². The second-order valence-corrected chi connectivity index (χ2v) is 7.67. The van der Waals surface area contributed by atoms with Gasteiger partial charge in [-0.25, -0.2) is 0 Å². The summed E-state index contributed by atoms with van der Waals surface area (Å²) in [6.45, 7) is 16.3. The maximum absolute atomic E-state index is 6.10. The molecule has 0 aliphatic carbocycles. The van der Waals surface area contributed by atoms with Gasteiger partial charge in [-0.05, 0) is 53.6 Å². The highest BCUT2D eigenvalue weighted by atomic mass is 31.2. The Balaban J connectivity index is 2.42. The molecule has 4 heteroatoms. The van der Waals surface area contributed by atoms with Crippen LogP contribution in [0.2, 0.25) is 0 Å². The molecule has 0 aromatic heterocycles. The summed E-state index contributed by atoms with van der Waals surface area (Å²) in [5, 5.41) is 0. The predicted molar refractivity (Wildman–Crippen MR) is 79.0 cm³/mol. The fourth-order valence-corrected chi connectivity index (χ4v) is 4.66. The Morgan fingerprint density at radius 3 is 2.17 bits per heavy atom. The predicted octanol–water partition coefficient (Wildman–Crippen LogP) is 3.88. The van der Waals surface area contributed by atoms with Gasteiger partial charge in [-0.15, -0.1) is 0 Å². The number of hydrogen-bond donors (Lipinski definition) is 0. The Kier molecular flexibility index (Phi) is 6.54. The minimum atomic E-state index is -0.519. The smallest absolute Gasteiger partial charge is 0.101 e. The molecule has 18 heavy (non-hydrogen) atoms. The maximum Gasteiger partial charge on any atom is 0.101 e. The third kappa shape index (κ3) is 4.45. The average molecular weight is 275 g/mol. The molecule has 4 atom stereocenters. The molecule has 0 bridgehead atoms. The van der Waals surface area contributed by atoms with Crippen LogP contribution in [0.5, 0.6) is 0 Å². The van der Waals surface area contributed by atoms with E-state index in [0.29, 0.717) is 24.1 Å². The van der Waals surface area contributed by atoms with Crippen molar-refractivity contribution in [2.24, 2.45) is 5.92 Å². The summed E-state index contributed by atoms with van der Waals surface area (Å²) in [6.07, 6.45) is 1.84. The van der Waals surface area contributed by atoms with Gasteiger partial charge >= 0.3 is 0 Å². The summed E-state index contributed by atoms with van der Waals surface area (Å²) in [6, 6.07) is 1.06. The van der Waals surface area contributed by atoms with E-state index in [1.165, 1.54) is 0 Å². The first-order valence-corrected chi connectivity index (χ1v) is 8.79. The first-order chi connectivity index (χ1) is 8.32. The van der Waals surface area contributed by atoms with Crippen molar-refractivity contribution >= 4 is 8.30 Å². The molecule has 1 rings (SSSR count). The van der Waals surface area contributed by atoms with Crippen LogP contribution < -0.4 is 0 Å². The molecular weight excluding hydrogens is 245 g/mol. The summed E-state index contributed by atoms with van der Waals surface area (Å²) in [4.78, 5) is 0. The van der Waals surface area contributed by atoms with Crippen molar-refractivity contribution in [3.8, 4) is 0 Å². The van der Waals surface area contributed by atoms with Gasteiger partial charge in [-0.2, -0.15) is 0 Å². The average Bonchev–Trinajstić information content (AvgIpc) is 2.53. The zero-order valence-electron chi connectivity index (χ0n) is 13.0. The fourth-order valence-electron chi connectivity index (χ4n) is 2.86. The van der Waals surface area contributed by atoms with Crippen LogP contribution in [0.25, 0.3) is 0 Å². The molecule has 0 amide bonds. The summed E-state index contributed by atoms with van der Waals surface area (Å²) < 4.78 is 14.4. The molecule has 0 spiro atoms. The molecule has 0 radical (unpaired) electrons. The minimum absolute atomic E-state index is 0.283. The number of nitrogens with zero attached hydrogens (tertiary/aromatic N) is 1. The van der Waals surface area contributed by atoms with Crippen LogP contribution >= 0.6 is 8.30 Å². The lowest BCUT2D eigenvalue weighted by Gasteiger charge is -2.35. The van der Waals surface area contributed by atoms with Crippen LogP contribution in [0.3, 0.4) is 0 Å². The van der Waals surface area contributed by atoms with E-state index in [1.54, 1.807) is 0 Å². The van der Waals surface area contributed by atoms with Crippen molar-refractivity contribution in [2.45, 2.75) is 72.3 Å². The molecule has 0 saturated carbocycles. The topological polar surface area (TPSA) is 21.7 Å². The normalized spacial score (nSPS) is 30.7. The maximum atomic E-state index is 6.10. The molecular formula is C14H30NO2P. The molecule has 108 valence electrons. The Labute approximate surface area is 114 Å². The molecule has 1 fully saturated rings. The van der Waals surface area contributed by atoms with E-state index in [-0.39, 0.29) is 6.10 Å². The molecule has 1 unspecified atom stereocenters. The van der Waals surface area contributed by atoms with Gasteiger partial charge in [0, 0.05) is 12.1 Å². The van der Waals surface area contributed by atoms with Gasteiger partial charge in [0.15, 0.2) is 0 Å². The first-order valence-electron chi connectivity index (χ1n) is 7.13. The third-order valence-corrected chi connectivity index (χ3v) is 5.65. The van der Waals surface area contributed by atoms with Gasteiger partial charge in [-0.3, -0.25) is 4.67 Å². The Hall–Kier alpha value is 0.310. The zero-order valence-corrected chi connectivity index (χ0v) is 13.9. The van der Waals surface area contributed by atoms with Crippen molar-refractivity contribution in [2.75, 3.05) is 13.3 Å². The van der Waals surface area contributed by atoms with E-state index >= 15 is 0 Å². The number of ether oxygens (including phenoxy) is 1. The Bertz CT molecular complexity index is 240. The van der Waals surface area contributed by atoms with E-state index in [9.17, 15) is 0 Å². The van der Waals surface area contributed by atoms with Crippen molar-refractivity contribution in [1.82, 2.24) is 4.67 Å². The lowest BCUT2D eigenvalue weighted by molar-refractivity contribution is 0.0161. The summed E-state index contributed by atoms with van der Waals surface area (Å²) in [7, 11) is -0.519. The van der Waals surface area contributed by atoms with Crippen LogP contribution in [0, 0.1) is 5.92 Å². The standard InChI is InChI=1S/C14H30NO2P/c1-10(2)15(11(3)4)18(7)16-9-14-12(5)8-13(6)17-14/h10-14H,8-9H2,1-7H3/t12-,13+,14-,18?/m1/s1. The van der Waals surface area contributed by atoms with E-state index in [4.69, 9.17) is 9.26 Å². The molecule has 1 aliphatic rings.